The summed E-state index contributed by atoms with van der Waals surface area (Å²) in [5, 5.41) is 6.42. The average molecular weight is 757 g/mol. The van der Waals surface area contributed by atoms with Crippen molar-refractivity contribution in [1.82, 2.24) is 14.5 Å². The number of para-hydroxylation sites is 1. The van der Waals surface area contributed by atoms with E-state index in [2.05, 4.69) is 192 Å². The Balaban J connectivity index is 1.11. The Morgan fingerprint density at radius 1 is 0.593 bits per heavy atom. The van der Waals surface area contributed by atoms with Crippen LogP contribution < -0.4 is 15.5 Å². The zero-order valence-electron chi connectivity index (χ0n) is 32.8. The number of hydrogen-bond acceptors (Lipinski definition) is 3. The number of aromatic nitrogens is 3. The maximum absolute atomic E-state index is 5.16. The van der Waals surface area contributed by atoms with Crippen molar-refractivity contribution in [2.45, 2.75) is 25.7 Å². The molecule has 12 rings (SSSR count). The van der Waals surface area contributed by atoms with Crippen molar-refractivity contribution < 1.29 is 0 Å². The number of allylic oxidation sites excluding steroid dienone is 1. The number of benzene rings is 7. The van der Waals surface area contributed by atoms with E-state index in [9.17, 15) is 0 Å². The highest BCUT2D eigenvalue weighted by Crippen LogP contribution is 2.53. The van der Waals surface area contributed by atoms with Gasteiger partial charge in [0, 0.05) is 44.6 Å². The van der Waals surface area contributed by atoms with Gasteiger partial charge in [-0.05, 0) is 113 Å². The molecule has 0 N–H and O–H groups in total. The van der Waals surface area contributed by atoms with Crippen LogP contribution in [0.25, 0.3) is 79.1 Å². The minimum absolute atomic E-state index is 0.169. The van der Waals surface area contributed by atoms with E-state index in [1.807, 2.05) is 12.1 Å². The molecule has 0 amide bonds. The predicted octanol–water partition coefficient (Wildman–Crippen LogP) is 12.0. The molecule has 280 valence electrons. The summed E-state index contributed by atoms with van der Waals surface area (Å²) in [6, 6.07) is 61.4. The molecule has 1 aliphatic heterocycles. The summed E-state index contributed by atoms with van der Waals surface area (Å²) in [6.45, 7) is 2.41. The van der Waals surface area contributed by atoms with Gasteiger partial charge in [0.2, 0.25) is 0 Å². The molecular weight excluding hydrogens is 717 g/mol. The third-order valence-corrected chi connectivity index (χ3v) is 12.6. The molecule has 2 unspecified atom stereocenters. The molecule has 4 nitrogen and oxygen atoms in total. The lowest BCUT2D eigenvalue weighted by atomic mass is 9.82. The normalized spacial score (nSPS) is 16.4. The molecule has 7 aromatic carbocycles. The van der Waals surface area contributed by atoms with Gasteiger partial charge < -0.3 is 9.47 Å². The molecule has 2 atom stereocenters. The fourth-order valence-electron chi connectivity index (χ4n) is 9.88. The van der Waals surface area contributed by atoms with E-state index in [4.69, 9.17) is 9.97 Å². The first-order valence-electron chi connectivity index (χ1n) is 20.7. The van der Waals surface area contributed by atoms with Crippen molar-refractivity contribution in [2.24, 2.45) is 5.92 Å². The Morgan fingerprint density at radius 3 is 1.93 bits per heavy atom. The monoisotopic (exact) mass is 756 g/mol. The maximum Gasteiger partial charge on any atom is 0.160 e. The smallest absolute Gasteiger partial charge is 0.160 e. The summed E-state index contributed by atoms with van der Waals surface area (Å²) in [5.74, 6) is 1.15. The summed E-state index contributed by atoms with van der Waals surface area (Å²) in [7, 11) is 0. The summed E-state index contributed by atoms with van der Waals surface area (Å²) in [6.07, 6.45) is 9.33. The molecule has 59 heavy (non-hydrogen) atoms. The van der Waals surface area contributed by atoms with E-state index in [1.165, 1.54) is 66.0 Å². The zero-order valence-corrected chi connectivity index (χ0v) is 32.8. The van der Waals surface area contributed by atoms with Gasteiger partial charge in [-0.1, -0.05) is 128 Å². The summed E-state index contributed by atoms with van der Waals surface area (Å²) in [5.41, 5.74) is 15.2. The summed E-state index contributed by atoms with van der Waals surface area (Å²) in [4.78, 5) is 12.9. The van der Waals surface area contributed by atoms with E-state index in [-0.39, 0.29) is 11.8 Å². The fourth-order valence-corrected chi connectivity index (χ4v) is 9.88. The van der Waals surface area contributed by atoms with Gasteiger partial charge in [-0.3, -0.25) is 0 Å². The van der Waals surface area contributed by atoms with Crippen LogP contribution in [0.5, 0.6) is 0 Å². The molecule has 0 saturated carbocycles. The summed E-state index contributed by atoms with van der Waals surface area (Å²) < 4.78 is 2.55. The quantitative estimate of drug-likeness (QED) is 0.175. The highest BCUT2D eigenvalue weighted by Gasteiger charge is 2.41. The Hall–Kier alpha value is -7.30. The van der Waals surface area contributed by atoms with Crippen LogP contribution in [0.1, 0.15) is 36.0 Å². The predicted molar refractivity (Wildman–Crippen MR) is 244 cm³/mol. The standard InChI is InChI=1S/C55H40N4/c1-35-29-46-45-30-39-19-11-13-21-41(39)32-50(45)58(43-23-9-4-10-24-43)53(46)54-52(35)47-31-40-20-12-14-22-42(40)33-51(47)59(54)44-27-25-38(26-28-44)55-56-48(36-15-5-2-6-16-36)34-49(57-55)37-17-7-3-8-18-37/h2-12,14-20,22-35,52H,13,21H2,1H3. The topological polar surface area (TPSA) is 34.0 Å². The molecule has 0 fully saturated rings. The first kappa shape index (κ1) is 33.8. The van der Waals surface area contributed by atoms with Crippen LogP contribution in [-0.4, -0.2) is 14.5 Å². The number of hydrogen-bond donors (Lipinski definition) is 0. The second-order valence-electron chi connectivity index (χ2n) is 16.2. The van der Waals surface area contributed by atoms with Crippen molar-refractivity contribution in [1.29, 1.82) is 0 Å². The molecule has 4 heteroatoms. The Bertz CT molecular complexity index is 3210. The van der Waals surface area contributed by atoms with Crippen LogP contribution in [0, 0.1) is 5.92 Å². The molecule has 3 aliphatic rings. The van der Waals surface area contributed by atoms with Gasteiger partial charge >= 0.3 is 0 Å². The fraction of sp³-hybridized carbons (Fsp3) is 0.0909. The van der Waals surface area contributed by atoms with Crippen LogP contribution in [-0.2, 0) is 6.42 Å². The number of fused-ring (bicyclic) bond motifs is 8. The van der Waals surface area contributed by atoms with Gasteiger partial charge in [0.25, 0.3) is 0 Å². The van der Waals surface area contributed by atoms with Crippen molar-refractivity contribution in [3.63, 3.8) is 0 Å². The molecule has 3 heterocycles. The first-order valence-corrected chi connectivity index (χ1v) is 20.7. The Kier molecular flexibility index (Phi) is 7.67. The van der Waals surface area contributed by atoms with Gasteiger partial charge in [-0.2, -0.15) is 0 Å². The second-order valence-corrected chi connectivity index (χ2v) is 16.2. The molecule has 0 spiro atoms. The largest absolute Gasteiger partial charge is 0.311 e. The third-order valence-electron chi connectivity index (χ3n) is 12.6. The maximum atomic E-state index is 5.16. The molecule has 9 aromatic rings. The van der Waals surface area contributed by atoms with Crippen LogP contribution in [0.3, 0.4) is 0 Å². The lowest BCUT2D eigenvalue weighted by molar-refractivity contribution is 0.683. The van der Waals surface area contributed by atoms with E-state index in [0.717, 1.165) is 46.6 Å². The van der Waals surface area contributed by atoms with E-state index < -0.39 is 0 Å². The lowest BCUT2D eigenvalue weighted by Crippen LogP contribution is -2.40. The van der Waals surface area contributed by atoms with Crippen LogP contribution in [0.2, 0.25) is 0 Å². The number of aryl methyl sites for hydroxylation is 1. The second kappa shape index (κ2) is 13.4. The molecule has 2 aliphatic carbocycles. The van der Waals surface area contributed by atoms with Crippen molar-refractivity contribution >= 4 is 50.9 Å². The number of rotatable bonds is 5. The third kappa shape index (κ3) is 5.44. The van der Waals surface area contributed by atoms with Gasteiger partial charge in [0.05, 0.1) is 33.6 Å². The molecule has 0 saturated heterocycles. The van der Waals surface area contributed by atoms with Crippen molar-refractivity contribution in [3.8, 4) is 39.6 Å². The Labute approximate surface area is 343 Å². The van der Waals surface area contributed by atoms with Gasteiger partial charge in [-0.15, -0.1) is 0 Å². The number of anilines is 2. The Morgan fingerprint density at radius 2 is 1.24 bits per heavy atom. The van der Waals surface area contributed by atoms with Crippen molar-refractivity contribution in [2.75, 3.05) is 4.90 Å². The molecular formula is C55H40N4. The van der Waals surface area contributed by atoms with Crippen LogP contribution in [0.15, 0.2) is 176 Å². The van der Waals surface area contributed by atoms with Gasteiger partial charge in [0.15, 0.2) is 5.82 Å². The van der Waals surface area contributed by atoms with Crippen LogP contribution >= 0.6 is 0 Å². The van der Waals surface area contributed by atoms with Crippen LogP contribution in [0.4, 0.5) is 11.4 Å². The minimum atomic E-state index is 0.169. The first-order chi connectivity index (χ1) is 29.2. The molecule has 0 radical (unpaired) electrons. The number of nitrogens with zero attached hydrogens (tertiary/aromatic N) is 4. The van der Waals surface area contributed by atoms with Gasteiger partial charge in [0.1, 0.15) is 0 Å². The summed E-state index contributed by atoms with van der Waals surface area (Å²) >= 11 is 0. The van der Waals surface area contributed by atoms with Gasteiger partial charge in [-0.25, -0.2) is 9.97 Å². The molecule has 2 aromatic heterocycles. The van der Waals surface area contributed by atoms with E-state index in [0.29, 0.717) is 5.82 Å². The zero-order chi connectivity index (χ0) is 39.0. The van der Waals surface area contributed by atoms with E-state index in [1.54, 1.807) is 0 Å². The minimum Gasteiger partial charge on any atom is -0.311 e. The molecule has 0 bridgehead atoms. The highest BCUT2D eigenvalue weighted by atomic mass is 15.2. The lowest BCUT2D eigenvalue weighted by Gasteiger charge is -2.28. The van der Waals surface area contributed by atoms with Crippen molar-refractivity contribution in [3.05, 3.63) is 203 Å². The SMILES string of the molecule is CC1C=c2c(n(-c3ccccc3)c3cc4c(cc23)C=CCC4)=C2C1c1cc3ccccc3cc1N2c1ccc(-c2nc(-c3ccccc3)cc(-c3ccccc3)n2)cc1. The van der Waals surface area contributed by atoms with E-state index >= 15 is 0 Å². The highest BCUT2D eigenvalue weighted by molar-refractivity contribution is 6.00. The average Bonchev–Trinajstić information content (AvgIpc) is 3.80.